The van der Waals surface area contributed by atoms with Crippen molar-refractivity contribution < 1.29 is 4.74 Å². The number of aromatic nitrogens is 3. The number of hydrogen-bond donors (Lipinski definition) is 1. The van der Waals surface area contributed by atoms with Gasteiger partial charge in [0.1, 0.15) is 11.4 Å². The average molecular weight is 311 g/mol. The highest BCUT2D eigenvalue weighted by molar-refractivity contribution is 9.10. The van der Waals surface area contributed by atoms with Crippen molar-refractivity contribution in [3.8, 4) is 11.6 Å². The maximum Gasteiger partial charge on any atom is 0.241 e. The summed E-state index contributed by atoms with van der Waals surface area (Å²) in [4.78, 5) is 4.04. The molecule has 2 heterocycles. The fraction of sp³-hybridized carbons (Fsp3) is 0.333. The summed E-state index contributed by atoms with van der Waals surface area (Å²) in [7, 11) is 1.81. The molecule has 0 amide bonds. The van der Waals surface area contributed by atoms with Crippen LogP contribution in [0.2, 0.25) is 0 Å². The zero-order valence-corrected chi connectivity index (χ0v) is 12.1. The molecule has 2 N–H and O–H groups in total. The number of ether oxygens (including phenoxy) is 1. The summed E-state index contributed by atoms with van der Waals surface area (Å²) in [5.74, 6) is 1.42. The van der Waals surface area contributed by atoms with Gasteiger partial charge in [-0.1, -0.05) is 13.8 Å². The van der Waals surface area contributed by atoms with E-state index in [2.05, 4.69) is 26.0 Å². The largest absolute Gasteiger partial charge is 0.436 e. The Morgan fingerprint density at radius 3 is 2.67 bits per heavy atom. The molecule has 0 unspecified atom stereocenters. The molecule has 2 aromatic heterocycles. The highest BCUT2D eigenvalue weighted by atomic mass is 79.9. The minimum absolute atomic E-state index is 0.259. The lowest BCUT2D eigenvalue weighted by molar-refractivity contribution is 0.430. The van der Waals surface area contributed by atoms with E-state index in [1.807, 2.05) is 27.0 Å². The Hall–Kier alpha value is -1.56. The van der Waals surface area contributed by atoms with E-state index >= 15 is 0 Å². The Bertz CT molecular complexity index is 565. The van der Waals surface area contributed by atoms with Gasteiger partial charge in [0.15, 0.2) is 0 Å². The predicted molar refractivity (Wildman–Crippen MR) is 73.7 cm³/mol. The zero-order chi connectivity index (χ0) is 13.3. The smallest absolute Gasteiger partial charge is 0.241 e. The van der Waals surface area contributed by atoms with Crippen LogP contribution in [0.3, 0.4) is 0 Å². The third kappa shape index (κ3) is 2.48. The summed E-state index contributed by atoms with van der Waals surface area (Å²) in [6, 6.07) is 1.83. The van der Waals surface area contributed by atoms with E-state index in [9.17, 15) is 0 Å². The summed E-state index contributed by atoms with van der Waals surface area (Å²) >= 11 is 3.34. The predicted octanol–water partition coefficient (Wildman–Crippen LogP) is 3.08. The molecule has 2 aromatic rings. The first-order valence-electron chi connectivity index (χ1n) is 5.59. The van der Waals surface area contributed by atoms with E-state index in [0.717, 1.165) is 10.2 Å². The van der Waals surface area contributed by atoms with Gasteiger partial charge >= 0.3 is 0 Å². The van der Waals surface area contributed by atoms with Gasteiger partial charge in [0.05, 0.1) is 11.9 Å². The molecule has 18 heavy (non-hydrogen) atoms. The first-order valence-corrected chi connectivity index (χ1v) is 6.39. The number of nitrogens with two attached hydrogens (primary N) is 1. The second-order valence-corrected chi connectivity index (χ2v) is 5.24. The van der Waals surface area contributed by atoms with E-state index in [1.54, 1.807) is 17.1 Å². The van der Waals surface area contributed by atoms with Gasteiger partial charge in [-0.3, -0.25) is 4.98 Å². The molecule has 2 rings (SSSR count). The summed E-state index contributed by atoms with van der Waals surface area (Å²) in [6.45, 7) is 4.09. The summed E-state index contributed by atoms with van der Waals surface area (Å²) in [6.07, 6.45) is 3.32. The molecule has 6 heteroatoms. The van der Waals surface area contributed by atoms with Crippen LogP contribution in [-0.2, 0) is 7.05 Å². The normalized spacial score (nSPS) is 10.9. The van der Waals surface area contributed by atoms with Crippen molar-refractivity contribution >= 4 is 21.6 Å². The van der Waals surface area contributed by atoms with Crippen LogP contribution >= 0.6 is 15.9 Å². The number of pyridine rings is 1. The number of nitrogens with zero attached hydrogens (tertiary/aromatic N) is 3. The molecule has 0 aromatic carbocycles. The van der Waals surface area contributed by atoms with Gasteiger partial charge in [-0.15, -0.1) is 0 Å². The number of halogens is 1. The summed E-state index contributed by atoms with van der Waals surface area (Å²) in [5.41, 5.74) is 7.47. The summed E-state index contributed by atoms with van der Waals surface area (Å²) < 4.78 is 8.23. The Morgan fingerprint density at radius 1 is 1.39 bits per heavy atom. The van der Waals surface area contributed by atoms with Gasteiger partial charge < -0.3 is 10.5 Å². The fourth-order valence-electron chi connectivity index (χ4n) is 1.65. The maximum atomic E-state index is 6.05. The molecule has 0 atom stereocenters. The molecule has 0 bridgehead atoms. The molecule has 0 fully saturated rings. The fourth-order valence-corrected chi connectivity index (χ4v) is 2.00. The second kappa shape index (κ2) is 4.97. The van der Waals surface area contributed by atoms with E-state index in [-0.39, 0.29) is 5.92 Å². The van der Waals surface area contributed by atoms with E-state index in [0.29, 0.717) is 17.3 Å². The monoisotopic (exact) mass is 310 g/mol. The van der Waals surface area contributed by atoms with E-state index in [1.165, 1.54) is 0 Å². The van der Waals surface area contributed by atoms with E-state index in [4.69, 9.17) is 10.5 Å². The van der Waals surface area contributed by atoms with Gasteiger partial charge in [0.2, 0.25) is 5.88 Å². The van der Waals surface area contributed by atoms with Crippen molar-refractivity contribution in [1.29, 1.82) is 0 Å². The molecule has 0 aliphatic rings. The SMILES string of the molecule is CC(C)c1nn(C)c(Oc2cncc(Br)c2)c1N. The second-order valence-electron chi connectivity index (χ2n) is 4.32. The zero-order valence-electron chi connectivity index (χ0n) is 10.5. The Kier molecular flexibility index (Phi) is 3.56. The minimum atomic E-state index is 0.259. The minimum Gasteiger partial charge on any atom is -0.436 e. The lowest BCUT2D eigenvalue weighted by Gasteiger charge is -2.06. The Morgan fingerprint density at radius 2 is 2.11 bits per heavy atom. The van der Waals surface area contributed by atoms with Crippen molar-refractivity contribution in [1.82, 2.24) is 14.8 Å². The standard InChI is InChI=1S/C12H15BrN4O/c1-7(2)11-10(14)12(17(3)16-11)18-9-4-8(13)5-15-6-9/h4-7H,14H2,1-3H3. The lowest BCUT2D eigenvalue weighted by atomic mass is 10.1. The van der Waals surface area contributed by atoms with Crippen LogP contribution in [0.1, 0.15) is 25.5 Å². The van der Waals surface area contributed by atoms with Crippen LogP contribution in [0.5, 0.6) is 11.6 Å². The van der Waals surface area contributed by atoms with Crippen molar-refractivity contribution in [3.05, 3.63) is 28.6 Å². The van der Waals surface area contributed by atoms with Crippen LogP contribution in [0, 0.1) is 0 Å². The molecule has 0 spiro atoms. The van der Waals surface area contributed by atoms with Crippen molar-refractivity contribution in [3.63, 3.8) is 0 Å². The molecule has 5 nitrogen and oxygen atoms in total. The number of nitrogen functional groups attached to an aromatic ring is 1. The molecule has 96 valence electrons. The van der Waals surface area contributed by atoms with Crippen LogP contribution in [0.25, 0.3) is 0 Å². The van der Waals surface area contributed by atoms with Crippen LogP contribution in [0.4, 0.5) is 5.69 Å². The molecule has 0 saturated heterocycles. The number of hydrogen-bond acceptors (Lipinski definition) is 4. The summed E-state index contributed by atoms with van der Waals surface area (Å²) in [5, 5.41) is 4.36. The topological polar surface area (TPSA) is 66.0 Å². The molecule has 0 saturated carbocycles. The van der Waals surface area contributed by atoms with Crippen molar-refractivity contribution in [2.24, 2.45) is 7.05 Å². The van der Waals surface area contributed by atoms with Crippen LogP contribution < -0.4 is 10.5 Å². The lowest BCUT2D eigenvalue weighted by Crippen LogP contribution is -1.97. The molecule has 0 aliphatic carbocycles. The van der Waals surface area contributed by atoms with Crippen molar-refractivity contribution in [2.45, 2.75) is 19.8 Å². The quantitative estimate of drug-likeness (QED) is 0.946. The molecule has 0 aliphatic heterocycles. The highest BCUT2D eigenvalue weighted by Gasteiger charge is 2.17. The van der Waals surface area contributed by atoms with Gasteiger partial charge in [-0.2, -0.15) is 5.10 Å². The van der Waals surface area contributed by atoms with Crippen molar-refractivity contribution in [2.75, 3.05) is 5.73 Å². The van der Waals surface area contributed by atoms with Gasteiger partial charge in [0.25, 0.3) is 0 Å². The van der Waals surface area contributed by atoms with Crippen LogP contribution in [0.15, 0.2) is 22.9 Å². The number of anilines is 1. The molecular formula is C12H15BrN4O. The highest BCUT2D eigenvalue weighted by Crippen LogP contribution is 2.33. The van der Waals surface area contributed by atoms with Crippen LogP contribution in [-0.4, -0.2) is 14.8 Å². The van der Waals surface area contributed by atoms with E-state index < -0.39 is 0 Å². The Balaban J connectivity index is 2.35. The van der Waals surface area contributed by atoms with Gasteiger partial charge in [0, 0.05) is 17.7 Å². The van der Waals surface area contributed by atoms with Gasteiger partial charge in [-0.25, -0.2) is 4.68 Å². The number of aryl methyl sites for hydroxylation is 1. The first-order chi connectivity index (χ1) is 8.49. The first kappa shape index (κ1) is 12.9. The molecular weight excluding hydrogens is 296 g/mol. The Labute approximate surface area is 114 Å². The van der Waals surface area contributed by atoms with Gasteiger partial charge in [-0.05, 0) is 27.9 Å². The third-order valence-corrected chi connectivity index (χ3v) is 2.93. The third-order valence-electron chi connectivity index (χ3n) is 2.50. The number of rotatable bonds is 3. The maximum absolute atomic E-state index is 6.05. The average Bonchev–Trinajstić information content (AvgIpc) is 2.57. The molecule has 0 radical (unpaired) electrons.